The lowest BCUT2D eigenvalue weighted by molar-refractivity contribution is 0.165. The van der Waals surface area contributed by atoms with Crippen LogP contribution in [-0.2, 0) is 0 Å². The second kappa shape index (κ2) is 21.2. The molecule has 184 valence electrons. The normalized spacial score (nSPS) is 16.0. The lowest BCUT2D eigenvalue weighted by Crippen LogP contribution is -2.36. The minimum Gasteiger partial charge on any atom is -0.356 e. The van der Waals surface area contributed by atoms with Crippen molar-refractivity contribution in [2.24, 2.45) is 0 Å². The zero-order valence-corrected chi connectivity index (χ0v) is 21.9. The predicted molar refractivity (Wildman–Crippen MR) is 140 cm³/mol. The molecule has 0 radical (unpaired) electrons. The van der Waals surface area contributed by atoms with Gasteiger partial charge in [-0.05, 0) is 19.8 Å². The van der Waals surface area contributed by atoms with Gasteiger partial charge in [0.1, 0.15) is 0 Å². The third-order valence-electron chi connectivity index (χ3n) is 7.20. The average Bonchev–Trinajstić information content (AvgIpc) is 3.13. The standard InChI is InChI=1S/C29H58N2/c1-4-6-8-10-11-12-13-14-15-16-17-18-19-20-21-22-24-26-31-28-27-30(29(31)3)25-23-9-7-5-2/h27-29H,4-26H2,1-3H3. The maximum absolute atomic E-state index is 2.55. The van der Waals surface area contributed by atoms with Crippen molar-refractivity contribution in [1.29, 1.82) is 0 Å². The number of unbranched alkanes of at least 4 members (excludes halogenated alkanes) is 19. The van der Waals surface area contributed by atoms with Crippen LogP contribution in [0.5, 0.6) is 0 Å². The van der Waals surface area contributed by atoms with E-state index >= 15 is 0 Å². The Hall–Kier alpha value is -0.660. The molecule has 0 aromatic rings. The van der Waals surface area contributed by atoms with E-state index in [1.807, 2.05) is 0 Å². The van der Waals surface area contributed by atoms with Crippen LogP contribution in [0.25, 0.3) is 0 Å². The van der Waals surface area contributed by atoms with Gasteiger partial charge in [0.2, 0.25) is 0 Å². The van der Waals surface area contributed by atoms with Gasteiger partial charge in [-0.25, -0.2) is 0 Å². The fraction of sp³-hybridized carbons (Fsp3) is 0.931. The molecule has 0 saturated heterocycles. The van der Waals surface area contributed by atoms with Crippen LogP contribution in [0.2, 0.25) is 0 Å². The Labute approximate surface area is 197 Å². The van der Waals surface area contributed by atoms with Gasteiger partial charge in [-0.1, -0.05) is 136 Å². The molecule has 0 N–H and O–H groups in total. The second-order valence-corrected chi connectivity index (χ2v) is 10.1. The molecule has 0 aromatic heterocycles. The van der Waals surface area contributed by atoms with Gasteiger partial charge >= 0.3 is 0 Å². The summed E-state index contributed by atoms with van der Waals surface area (Å²) in [6, 6.07) is 0. The summed E-state index contributed by atoms with van der Waals surface area (Å²) < 4.78 is 0. The molecular formula is C29H58N2. The molecule has 2 heteroatoms. The molecule has 0 bridgehead atoms. The molecule has 0 amide bonds. The summed E-state index contributed by atoms with van der Waals surface area (Å²) >= 11 is 0. The third-order valence-corrected chi connectivity index (χ3v) is 7.20. The van der Waals surface area contributed by atoms with E-state index in [1.54, 1.807) is 0 Å². The van der Waals surface area contributed by atoms with Crippen molar-refractivity contribution in [3.63, 3.8) is 0 Å². The van der Waals surface area contributed by atoms with Gasteiger partial charge in [0.25, 0.3) is 0 Å². The Morgan fingerprint density at radius 2 is 0.677 bits per heavy atom. The monoisotopic (exact) mass is 434 g/mol. The minimum atomic E-state index is 0.572. The van der Waals surface area contributed by atoms with Crippen LogP contribution in [0.4, 0.5) is 0 Å². The van der Waals surface area contributed by atoms with Crippen molar-refractivity contribution in [2.45, 2.75) is 162 Å². The Balaban J connectivity index is 1.79. The number of nitrogens with zero attached hydrogens (tertiary/aromatic N) is 2. The molecule has 0 aliphatic carbocycles. The van der Waals surface area contributed by atoms with Gasteiger partial charge in [-0.2, -0.15) is 0 Å². The fourth-order valence-corrected chi connectivity index (χ4v) is 4.87. The van der Waals surface area contributed by atoms with Gasteiger partial charge in [0.15, 0.2) is 0 Å². The molecule has 1 aliphatic heterocycles. The highest BCUT2D eigenvalue weighted by atomic mass is 15.4. The van der Waals surface area contributed by atoms with E-state index in [4.69, 9.17) is 0 Å². The predicted octanol–water partition coefficient (Wildman–Crippen LogP) is 9.65. The highest BCUT2D eigenvalue weighted by molar-refractivity contribution is 4.95. The third kappa shape index (κ3) is 15.7. The first kappa shape index (κ1) is 28.4. The first-order valence-corrected chi connectivity index (χ1v) is 14.5. The van der Waals surface area contributed by atoms with Crippen molar-refractivity contribution in [3.8, 4) is 0 Å². The van der Waals surface area contributed by atoms with Crippen LogP contribution in [0.1, 0.15) is 156 Å². The summed E-state index contributed by atoms with van der Waals surface area (Å²) in [5.41, 5.74) is 0. The van der Waals surface area contributed by atoms with Crippen molar-refractivity contribution in [1.82, 2.24) is 9.80 Å². The summed E-state index contributed by atoms with van der Waals surface area (Å²) in [7, 11) is 0. The van der Waals surface area contributed by atoms with Gasteiger partial charge in [-0.15, -0.1) is 0 Å². The van der Waals surface area contributed by atoms with E-state index in [0.717, 1.165) is 0 Å². The largest absolute Gasteiger partial charge is 0.356 e. The highest BCUT2D eigenvalue weighted by Gasteiger charge is 2.20. The molecule has 2 nitrogen and oxygen atoms in total. The fourth-order valence-electron chi connectivity index (χ4n) is 4.87. The Kier molecular flexibility index (Phi) is 19.4. The number of hydrogen-bond acceptors (Lipinski definition) is 2. The second-order valence-electron chi connectivity index (χ2n) is 10.1. The molecule has 0 saturated carbocycles. The summed E-state index contributed by atoms with van der Waals surface area (Å²) in [6.07, 6.45) is 35.3. The molecular weight excluding hydrogens is 376 g/mol. The summed E-state index contributed by atoms with van der Waals surface area (Å²) in [6.45, 7) is 9.43. The Morgan fingerprint density at radius 3 is 1.00 bits per heavy atom. The number of rotatable bonds is 23. The molecule has 0 aromatic carbocycles. The van der Waals surface area contributed by atoms with Gasteiger partial charge in [0.05, 0.1) is 6.17 Å². The van der Waals surface area contributed by atoms with Crippen LogP contribution in [-0.4, -0.2) is 29.1 Å². The highest BCUT2D eigenvalue weighted by Crippen LogP contribution is 2.18. The van der Waals surface area contributed by atoms with Gasteiger partial charge < -0.3 is 9.80 Å². The van der Waals surface area contributed by atoms with Gasteiger partial charge in [-0.3, -0.25) is 0 Å². The average molecular weight is 435 g/mol. The van der Waals surface area contributed by atoms with Crippen molar-refractivity contribution < 1.29 is 0 Å². The van der Waals surface area contributed by atoms with Crippen molar-refractivity contribution in [3.05, 3.63) is 12.4 Å². The lowest BCUT2D eigenvalue weighted by Gasteiger charge is -2.29. The summed E-state index contributed by atoms with van der Waals surface area (Å²) in [5, 5.41) is 0. The zero-order valence-electron chi connectivity index (χ0n) is 21.9. The van der Waals surface area contributed by atoms with Crippen LogP contribution >= 0.6 is 0 Å². The molecule has 1 atom stereocenters. The maximum Gasteiger partial charge on any atom is 0.0977 e. The first-order chi connectivity index (χ1) is 15.3. The van der Waals surface area contributed by atoms with E-state index in [0.29, 0.717) is 6.17 Å². The Bertz CT molecular complexity index is 392. The van der Waals surface area contributed by atoms with Crippen LogP contribution in [0, 0.1) is 0 Å². The first-order valence-electron chi connectivity index (χ1n) is 14.5. The molecule has 31 heavy (non-hydrogen) atoms. The lowest BCUT2D eigenvalue weighted by atomic mass is 10.0. The van der Waals surface area contributed by atoms with E-state index < -0.39 is 0 Å². The SMILES string of the molecule is CCCCCCCCCCCCCCCCCCCN1C=CN(CCCCCC)C1C. The molecule has 0 spiro atoms. The van der Waals surface area contributed by atoms with Crippen molar-refractivity contribution >= 4 is 0 Å². The zero-order chi connectivity index (χ0) is 22.4. The molecule has 1 rings (SSSR count). The smallest absolute Gasteiger partial charge is 0.0977 e. The number of hydrogen-bond donors (Lipinski definition) is 0. The van der Waals surface area contributed by atoms with Crippen LogP contribution in [0.15, 0.2) is 12.4 Å². The molecule has 1 aliphatic rings. The Morgan fingerprint density at radius 1 is 0.419 bits per heavy atom. The van der Waals surface area contributed by atoms with Crippen LogP contribution < -0.4 is 0 Å². The van der Waals surface area contributed by atoms with Crippen molar-refractivity contribution in [2.75, 3.05) is 13.1 Å². The molecule has 1 unspecified atom stereocenters. The quantitative estimate of drug-likeness (QED) is 0.148. The van der Waals surface area contributed by atoms with E-state index in [2.05, 4.69) is 43.0 Å². The topological polar surface area (TPSA) is 6.48 Å². The summed E-state index contributed by atoms with van der Waals surface area (Å²) in [4.78, 5) is 5.08. The molecule has 0 fully saturated rings. The minimum absolute atomic E-state index is 0.572. The van der Waals surface area contributed by atoms with E-state index in [9.17, 15) is 0 Å². The molecule has 1 heterocycles. The van der Waals surface area contributed by atoms with E-state index in [-0.39, 0.29) is 0 Å². The van der Waals surface area contributed by atoms with Gasteiger partial charge in [0, 0.05) is 25.5 Å². The maximum atomic E-state index is 2.55. The summed E-state index contributed by atoms with van der Waals surface area (Å²) in [5.74, 6) is 0. The van der Waals surface area contributed by atoms with Crippen LogP contribution in [0.3, 0.4) is 0 Å². The van der Waals surface area contributed by atoms with E-state index in [1.165, 1.54) is 148 Å².